The fourth-order valence-electron chi connectivity index (χ4n) is 7.60. The molecule has 0 saturated heterocycles. The minimum Gasteiger partial charge on any atom is -1.00 e. The Kier molecular flexibility index (Phi) is 11.6. The van der Waals surface area contributed by atoms with Gasteiger partial charge in [-0.3, -0.25) is 0 Å². The van der Waals surface area contributed by atoms with Crippen molar-refractivity contribution in [3.8, 4) is 11.1 Å². The molecule has 0 saturated carbocycles. The van der Waals surface area contributed by atoms with E-state index >= 15 is 0 Å². The molecular formula is C40H40Cl4Zr. The normalized spacial score (nSPS) is 15.2. The van der Waals surface area contributed by atoms with Crippen molar-refractivity contribution in [1.82, 2.24) is 0 Å². The molecule has 2 aliphatic rings. The second-order valence-corrected chi connectivity index (χ2v) is 22.6. The second-order valence-electron chi connectivity index (χ2n) is 13.0. The van der Waals surface area contributed by atoms with Crippen molar-refractivity contribution in [2.45, 2.75) is 51.1 Å². The van der Waals surface area contributed by atoms with Crippen LogP contribution in [0.25, 0.3) is 11.1 Å². The van der Waals surface area contributed by atoms with Gasteiger partial charge in [0.05, 0.1) is 0 Å². The van der Waals surface area contributed by atoms with Crippen LogP contribution in [0.5, 0.6) is 0 Å². The Hall–Kier alpha value is -1.86. The summed E-state index contributed by atoms with van der Waals surface area (Å²) >= 11 is 8.97. The van der Waals surface area contributed by atoms with E-state index in [0.717, 1.165) is 22.9 Å². The van der Waals surface area contributed by atoms with E-state index in [1.54, 1.807) is 8.85 Å². The summed E-state index contributed by atoms with van der Waals surface area (Å²) in [5.74, 6) is 0.409. The van der Waals surface area contributed by atoms with Gasteiger partial charge in [0.1, 0.15) is 0 Å². The molecule has 0 radical (unpaired) electrons. The first-order valence-corrected chi connectivity index (χ1v) is 21.8. The third kappa shape index (κ3) is 6.77. The summed E-state index contributed by atoms with van der Waals surface area (Å²) in [5.41, 5.74) is 11.4. The van der Waals surface area contributed by atoms with Crippen LogP contribution < -0.4 is 24.8 Å². The van der Waals surface area contributed by atoms with Crippen molar-refractivity contribution in [1.29, 1.82) is 0 Å². The van der Waals surface area contributed by atoms with Gasteiger partial charge in [0.25, 0.3) is 0 Å². The van der Waals surface area contributed by atoms with Crippen molar-refractivity contribution in [3.63, 3.8) is 0 Å². The first-order chi connectivity index (χ1) is 20.7. The molecule has 0 amide bonds. The molecule has 0 heterocycles. The number of rotatable bonds is 6. The Morgan fingerprint density at radius 2 is 1.11 bits per heavy atom. The fraction of sp³-hybridized carbons (Fsp3) is 0.250. The number of halogens is 4. The zero-order chi connectivity index (χ0) is 30.4. The van der Waals surface area contributed by atoms with Gasteiger partial charge in [0, 0.05) is 0 Å². The third-order valence-electron chi connectivity index (χ3n) is 9.32. The van der Waals surface area contributed by atoms with Crippen molar-refractivity contribution in [2.24, 2.45) is 11.3 Å². The molecule has 1 atom stereocenters. The Bertz CT molecular complexity index is 1760. The van der Waals surface area contributed by atoms with Crippen LogP contribution in [-0.4, -0.2) is 7.42 Å². The molecule has 232 valence electrons. The molecule has 4 aromatic carbocycles. The van der Waals surface area contributed by atoms with Crippen molar-refractivity contribution in [2.75, 3.05) is 0 Å². The standard InChI is InChI=1S/C13H9.C13H21.2C7H5Cl.2ClH.Zr/c1-3-7-12-10(5-1)9-11-6-2-4-8-13(11)12;1-6-10-8-11(7-2)12(9-10)13(3,4)5;2*1-6-2-4-7(8)5-3-6;;;/h1-9H;9-10H,6-7H2,1-5H3;2*1-5H;2*1H;/q;;;;;;+2/p-2. The maximum absolute atomic E-state index is 6.44. The van der Waals surface area contributed by atoms with E-state index in [9.17, 15) is 0 Å². The second kappa shape index (κ2) is 14.5. The smallest absolute Gasteiger partial charge is 1.00 e. The molecule has 2 aliphatic carbocycles. The van der Waals surface area contributed by atoms with Crippen LogP contribution in [-0.2, 0) is 19.3 Å². The molecule has 4 aromatic rings. The summed E-state index contributed by atoms with van der Waals surface area (Å²) in [6, 6.07) is 35.4. The number of allylic oxidation sites excluding steroid dienone is 4. The van der Waals surface area contributed by atoms with Gasteiger partial charge in [-0.1, -0.05) is 0 Å². The van der Waals surface area contributed by atoms with E-state index in [2.05, 4.69) is 121 Å². The third-order valence-corrected chi connectivity index (χ3v) is 21.6. The Morgan fingerprint density at radius 3 is 1.51 bits per heavy atom. The largest absolute Gasteiger partial charge is 1.00 e. The zero-order valence-corrected chi connectivity index (χ0v) is 32.0. The molecule has 0 N–H and O–H groups in total. The molecule has 0 aliphatic heterocycles. The molecule has 0 fully saturated rings. The van der Waals surface area contributed by atoms with Gasteiger partial charge in [-0.25, -0.2) is 0 Å². The minimum atomic E-state index is -3.91. The summed E-state index contributed by atoms with van der Waals surface area (Å²) in [4.78, 5) is 0. The maximum Gasteiger partial charge on any atom is -1.00 e. The van der Waals surface area contributed by atoms with Crippen LogP contribution in [0.3, 0.4) is 0 Å². The predicted molar refractivity (Wildman–Crippen MR) is 186 cm³/mol. The molecule has 0 nitrogen and oxygen atoms in total. The number of hydrogen-bond donors (Lipinski definition) is 0. The molecule has 1 unspecified atom stereocenters. The Balaban J connectivity index is 0.00000230. The molecule has 5 heteroatoms. The average Bonchev–Trinajstić information content (AvgIpc) is 3.56. The van der Waals surface area contributed by atoms with Gasteiger partial charge in [0.15, 0.2) is 0 Å². The fourth-order valence-corrected chi connectivity index (χ4v) is 22.2. The summed E-state index contributed by atoms with van der Waals surface area (Å²) in [5, 5.41) is 1.54. The summed E-state index contributed by atoms with van der Waals surface area (Å²) in [6.45, 7) is 11.9. The van der Waals surface area contributed by atoms with Crippen LogP contribution in [0.15, 0.2) is 118 Å². The molecule has 0 spiro atoms. The SMILES string of the molecule is CCC1=[C]([Zr+2](=[CH]c2ccc(Cl)cc2)(=[CH]c2ccc(Cl)cc2)[CH]2c3ccccc3-c3ccccc32)C(CC)C=C1C(C)(C)C.[Cl-].[Cl-]. The quantitative estimate of drug-likeness (QED) is 0.241. The van der Waals surface area contributed by atoms with Crippen LogP contribution in [0.2, 0.25) is 10.0 Å². The van der Waals surface area contributed by atoms with E-state index in [1.807, 2.05) is 24.3 Å². The monoisotopic (exact) mass is 750 g/mol. The first-order valence-electron chi connectivity index (χ1n) is 15.5. The van der Waals surface area contributed by atoms with Gasteiger partial charge in [-0.2, -0.15) is 0 Å². The molecule has 45 heavy (non-hydrogen) atoms. The molecular weight excluding hydrogens is 713 g/mol. The average molecular weight is 754 g/mol. The van der Waals surface area contributed by atoms with Gasteiger partial charge >= 0.3 is 273 Å². The van der Waals surface area contributed by atoms with E-state index in [-0.39, 0.29) is 30.2 Å². The van der Waals surface area contributed by atoms with Crippen LogP contribution in [0, 0.1) is 11.3 Å². The molecule has 0 aromatic heterocycles. The van der Waals surface area contributed by atoms with Crippen LogP contribution in [0.4, 0.5) is 0 Å². The van der Waals surface area contributed by atoms with Gasteiger partial charge in [-0.15, -0.1) is 0 Å². The van der Waals surface area contributed by atoms with Gasteiger partial charge < -0.3 is 24.8 Å². The summed E-state index contributed by atoms with van der Waals surface area (Å²) in [6.07, 6.45) is 4.76. The topological polar surface area (TPSA) is 0 Å². The number of hydrogen-bond acceptors (Lipinski definition) is 0. The molecule has 6 rings (SSSR count). The van der Waals surface area contributed by atoms with E-state index in [0.29, 0.717) is 9.54 Å². The zero-order valence-electron chi connectivity index (χ0n) is 26.6. The first kappa shape index (κ1) is 36.0. The van der Waals surface area contributed by atoms with Crippen LogP contribution in [0.1, 0.15) is 73.3 Å². The van der Waals surface area contributed by atoms with Gasteiger partial charge in [-0.05, 0) is 0 Å². The Labute approximate surface area is 295 Å². The Morgan fingerprint density at radius 1 is 0.667 bits per heavy atom. The van der Waals surface area contributed by atoms with Crippen LogP contribution >= 0.6 is 23.2 Å². The van der Waals surface area contributed by atoms with Crippen molar-refractivity contribution >= 4 is 30.6 Å². The number of fused-ring (bicyclic) bond motifs is 3. The van der Waals surface area contributed by atoms with Crippen molar-refractivity contribution in [3.05, 3.63) is 150 Å². The maximum atomic E-state index is 6.44. The van der Waals surface area contributed by atoms with Crippen molar-refractivity contribution < 1.29 is 44.1 Å². The predicted octanol–water partition coefficient (Wildman–Crippen LogP) is 5.60. The number of benzene rings is 4. The summed E-state index contributed by atoms with van der Waals surface area (Å²) in [7, 11) is 0. The van der Waals surface area contributed by atoms with Gasteiger partial charge in [0.2, 0.25) is 0 Å². The summed E-state index contributed by atoms with van der Waals surface area (Å²) < 4.78 is 7.52. The van der Waals surface area contributed by atoms with E-state index in [1.165, 1.54) is 39.0 Å². The van der Waals surface area contributed by atoms with E-state index < -0.39 is 19.3 Å². The van der Waals surface area contributed by atoms with E-state index in [4.69, 9.17) is 23.2 Å². The molecule has 0 bridgehead atoms. The minimum absolute atomic E-state index is 0.